The molecule has 0 aliphatic heterocycles. The number of carbonyl (C=O) groups is 2. The Bertz CT molecular complexity index is 409. The Morgan fingerprint density at radius 2 is 1.11 bits per heavy atom. The molecule has 4 nitrogen and oxygen atoms in total. The Morgan fingerprint density at radius 3 is 1.54 bits per heavy atom. The topological polar surface area (TPSA) is 66.4 Å². The highest BCUT2D eigenvalue weighted by molar-refractivity contribution is 5.80. The van der Waals surface area contributed by atoms with E-state index in [1.54, 1.807) is 0 Å². The molecule has 1 amide bonds. The van der Waals surface area contributed by atoms with Gasteiger partial charge >= 0.3 is 5.97 Å². The summed E-state index contributed by atoms with van der Waals surface area (Å²) in [5.41, 5.74) is 0. The van der Waals surface area contributed by atoms with Crippen molar-refractivity contribution in [3.8, 4) is 0 Å². The van der Waals surface area contributed by atoms with Crippen molar-refractivity contribution in [2.75, 3.05) is 6.54 Å². The number of carbonyl (C=O) groups excluding carboxylic acids is 1. The molecule has 0 fully saturated rings. The first-order chi connectivity index (χ1) is 13.2. The summed E-state index contributed by atoms with van der Waals surface area (Å²) in [7, 11) is 0. The van der Waals surface area contributed by atoms with Gasteiger partial charge in [0.1, 0.15) is 0 Å². The average molecular weight is 398 g/mol. The highest BCUT2D eigenvalue weighted by Gasteiger charge is 2.09. The van der Waals surface area contributed by atoms with Crippen LogP contribution in [0.15, 0.2) is 0 Å². The minimum absolute atomic E-state index is 0.0809. The zero-order chi connectivity index (χ0) is 21.4. The van der Waals surface area contributed by atoms with Crippen molar-refractivity contribution in [3.63, 3.8) is 0 Å². The molecule has 0 saturated heterocycles. The van der Waals surface area contributed by atoms with Gasteiger partial charge in [-0.05, 0) is 30.1 Å². The molecule has 0 saturated carbocycles. The summed E-state index contributed by atoms with van der Waals surface area (Å²) in [5, 5.41) is 11.4. The molecule has 166 valence electrons. The van der Waals surface area contributed by atoms with Crippen LogP contribution < -0.4 is 5.32 Å². The van der Waals surface area contributed by atoms with E-state index in [4.69, 9.17) is 5.11 Å². The van der Waals surface area contributed by atoms with Gasteiger partial charge in [-0.25, -0.2) is 0 Å². The number of carboxylic acids is 1. The van der Waals surface area contributed by atoms with Gasteiger partial charge in [-0.3, -0.25) is 9.59 Å². The van der Waals surface area contributed by atoms with Crippen LogP contribution in [-0.4, -0.2) is 23.5 Å². The fourth-order valence-electron chi connectivity index (χ4n) is 3.70. The van der Waals surface area contributed by atoms with Crippen LogP contribution in [-0.2, 0) is 9.59 Å². The molecule has 0 aromatic rings. The van der Waals surface area contributed by atoms with E-state index in [0.29, 0.717) is 12.5 Å². The smallest absolute Gasteiger partial charge is 0.303 e. The standard InChI is InChI=1S/C24H47NO3/c1-19(2)9-6-10-20(3)11-7-12-21(4)13-8-14-22(5)17-18-25-23(26)15-16-24(27)28/h19-22H,6-18H2,1-5H3,(H,25,26)(H,27,28). The zero-order valence-electron chi connectivity index (χ0n) is 19.3. The molecule has 3 unspecified atom stereocenters. The first kappa shape index (κ1) is 26.9. The van der Waals surface area contributed by atoms with E-state index in [1.807, 2.05) is 0 Å². The predicted molar refractivity (Wildman–Crippen MR) is 118 cm³/mol. The quantitative estimate of drug-likeness (QED) is 0.280. The maximum absolute atomic E-state index is 11.5. The third-order valence-electron chi connectivity index (χ3n) is 5.79. The molecule has 0 spiro atoms. The lowest BCUT2D eigenvalue weighted by Gasteiger charge is -2.16. The summed E-state index contributed by atoms with van der Waals surface area (Å²) < 4.78 is 0. The molecule has 0 aliphatic rings. The van der Waals surface area contributed by atoms with Gasteiger partial charge in [-0.2, -0.15) is 0 Å². The Hall–Kier alpha value is -1.06. The molecule has 0 radical (unpaired) electrons. The van der Waals surface area contributed by atoms with E-state index in [0.717, 1.165) is 24.2 Å². The third kappa shape index (κ3) is 18.3. The molecule has 0 aromatic heterocycles. The second kappa shape index (κ2) is 16.9. The van der Waals surface area contributed by atoms with Crippen molar-refractivity contribution in [2.24, 2.45) is 23.7 Å². The molecule has 0 rings (SSSR count). The molecule has 3 atom stereocenters. The fourth-order valence-corrected chi connectivity index (χ4v) is 3.70. The fraction of sp³-hybridized carbons (Fsp3) is 0.917. The van der Waals surface area contributed by atoms with Gasteiger partial charge in [0.15, 0.2) is 0 Å². The summed E-state index contributed by atoms with van der Waals surface area (Å²) >= 11 is 0. The third-order valence-corrected chi connectivity index (χ3v) is 5.79. The zero-order valence-corrected chi connectivity index (χ0v) is 19.3. The van der Waals surface area contributed by atoms with Gasteiger partial charge in [-0.1, -0.05) is 92.4 Å². The minimum atomic E-state index is -0.918. The molecule has 0 aromatic carbocycles. The molecule has 0 heterocycles. The van der Waals surface area contributed by atoms with Crippen LogP contribution in [0.5, 0.6) is 0 Å². The lowest BCUT2D eigenvalue weighted by Crippen LogP contribution is -2.25. The minimum Gasteiger partial charge on any atom is -0.481 e. The van der Waals surface area contributed by atoms with Gasteiger partial charge in [-0.15, -0.1) is 0 Å². The lowest BCUT2D eigenvalue weighted by molar-refractivity contribution is -0.138. The van der Waals surface area contributed by atoms with Crippen LogP contribution in [0.1, 0.15) is 112 Å². The molecule has 4 heteroatoms. The number of carboxylic acid groups (broad SMARTS) is 1. The van der Waals surface area contributed by atoms with Crippen LogP contribution in [0.2, 0.25) is 0 Å². The number of aliphatic carboxylic acids is 1. The van der Waals surface area contributed by atoms with Gasteiger partial charge in [0, 0.05) is 13.0 Å². The molecule has 0 bridgehead atoms. The maximum atomic E-state index is 11.5. The van der Waals surface area contributed by atoms with Crippen molar-refractivity contribution in [1.29, 1.82) is 0 Å². The van der Waals surface area contributed by atoms with Crippen LogP contribution in [0.4, 0.5) is 0 Å². The Kier molecular flexibility index (Phi) is 16.2. The van der Waals surface area contributed by atoms with Gasteiger partial charge < -0.3 is 10.4 Å². The summed E-state index contributed by atoms with van der Waals surface area (Å²) in [6, 6.07) is 0. The highest BCUT2D eigenvalue weighted by atomic mass is 16.4. The number of hydrogen-bond acceptors (Lipinski definition) is 2. The van der Waals surface area contributed by atoms with E-state index in [9.17, 15) is 9.59 Å². The van der Waals surface area contributed by atoms with E-state index < -0.39 is 5.97 Å². The predicted octanol–water partition coefficient (Wildman–Crippen LogP) is 6.43. The lowest BCUT2D eigenvalue weighted by atomic mass is 9.91. The Balaban J connectivity index is 3.59. The molecule has 2 N–H and O–H groups in total. The van der Waals surface area contributed by atoms with E-state index in [2.05, 4.69) is 39.9 Å². The normalized spacial score (nSPS) is 14.6. The summed E-state index contributed by atoms with van der Waals surface area (Å²) in [4.78, 5) is 21.9. The van der Waals surface area contributed by atoms with Gasteiger partial charge in [0.05, 0.1) is 6.42 Å². The number of rotatable bonds is 18. The van der Waals surface area contributed by atoms with E-state index in [-0.39, 0.29) is 18.7 Å². The second-order valence-electron chi connectivity index (χ2n) is 9.53. The van der Waals surface area contributed by atoms with Crippen LogP contribution in [0, 0.1) is 23.7 Å². The van der Waals surface area contributed by atoms with Crippen molar-refractivity contribution in [1.82, 2.24) is 5.32 Å². The molecular weight excluding hydrogens is 350 g/mol. The molecular formula is C24H47NO3. The first-order valence-corrected chi connectivity index (χ1v) is 11.7. The molecule has 0 aliphatic carbocycles. The van der Waals surface area contributed by atoms with Crippen LogP contribution >= 0.6 is 0 Å². The Morgan fingerprint density at radius 1 is 0.679 bits per heavy atom. The van der Waals surface area contributed by atoms with Gasteiger partial charge in [0.25, 0.3) is 0 Å². The molecule has 28 heavy (non-hydrogen) atoms. The maximum Gasteiger partial charge on any atom is 0.303 e. The largest absolute Gasteiger partial charge is 0.481 e. The van der Waals surface area contributed by atoms with Crippen molar-refractivity contribution < 1.29 is 14.7 Å². The summed E-state index contributed by atoms with van der Waals surface area (Å²) in [5.74, 6) is 2.05. The summed E-state index contributed by atoms with van der Waals surface area (Å²) in [6.07, 6.45) is 13.0. The van der Waals surface area contributed by atoms with Crippen molar-refractivity contribution >= 4 is 11.9 Å². The second-order valence-corrected chi connectivity index (χ2v) is 9.53. The average Bonchev–Trinajstić information content (AvgIpc) is 2.59. The van der Waals surface area contributed by atoms with Gasteiger partial charge in [0.2, 0.25) is 5.91 Å². The Labute approximate surface area is 174 Å². The van der Waals surface area contributed by atoms with E-state index >= 15 is 0 Å². The van der Waals surface area contributed by atoms with Crippen LogP contribution in [0.25, 0.3) is 0 Å². The number of amides is 1. The first-order valence-electron chi connectivity index (χ1n) is 11.7. The monoisotopic (exact) mass is 397 g/mol. The highest BCUT2D eigenvalue weighted by Crippen LogP contribution is 2.22. The van der Waals surface area contributed by atoms with Crippen molar-refractivity contribution in [2.45, 2.75) is 112 Å². The number of hydrogen-bond donors (Lipinski definition) is 2. The summed E-state index contributed by atoms with van der Waals surface area (Å²) in [6.45, 7) is 12.3. The van der Waals surface area contributed by atoms with E-state index in [1.165, 1.54) is 57.8 Å². The van der Waals surface area contributed by atoms with Crippen molar-refractivity contribution in [3.05, 3.63) is 0 Å². The van der Waals surface area contributed by atoms with Crippen LogP contribution in [0.3, 0.4) is 0 Å². The number of nitrogens with one attached hydrogen (secondary N) is 1. The SMILES string of the molecule is CC(C)CCCC(C)CCCC(C)CCCC(C)CCNC(=O)CCC(=O)O.